The van der Waals surface area contributed by atoms with E-state index in [9.17, 15) is 4.79 Å². The normalized spacial score (nSPS) is 10.4. The van der Waals surface area contributed by atoms with Crippen LogP contribution in [0.4, 0.5) is 0 Å². The van der Waals surface area contributed by atoms with Gasteiger partial charge in [0.2, 0.25) is 0 Å². The van der Waals surface area contributed by atoms with E-state index in [4.69, 9.17) is 15.7 Å². The lowest BCUT2D eigenvalue weighted by Crippen LogP contribution is -2.26. The maximum absolute atomic E-state index is 12.2. The topological polar surface area (TPSA) is 81.0 Å². The summed E-state index contributed by atoms with van der Waals surface area (Å²) < 4.78 is 6.91. The molecule has 20 heavy (non-hydrogen) atoms. The molecule has 2 N–H and O–H groups in total. The molecule has 0 saturated heterocycles. The lowest BCUT2D eigenvalue weighted by molar-refractivity contribution is 0.133. The first-order valence-corrected chi connectivity index (χ1v) is 7.11. The smallest absolute Gasteiger partial charge is 0.269 e. The summed E-state index contributed by atoms with van der Waals surface area (Å²) in [5.41, 5.74) is 6.02. The Labute approximate surface area is 120 Å². The van der Waals surface area contributed by atoms with Gasteiger partial charge >= 0.3 is 0 Å². The zero-order valence-corrected chi connectivity index (χ0v) is 11.7. The average molecular weight is 289 g/mol. The van der Waals surface area contributed by atoms with Crippen molar-refractivity contribution in [2.75, 3.05) is 19.8 Å². The molecule has 2 heterocycles. The van der Waals surface area contributed by atoms with Crippen molar-refractivity contribution in [2.45, 2.75) is 6.54 Å². The Morgan fingerprint density at radius 2 is 2.20 bits per heavy atom. The number of nitrogens with two attached hydrogens (primary N) is 1. The predicted octanol–water partition coefficient (Wildman–Crippen LogP) is 1.42. The van der Waals surface area contributed by atoms with Gasteiger partial charge in [0.05, 0.1) is 23.8 Å². The van der Waals surface area contributed by atoms with Crippen LogP contribution in [0.5, 0.6) is 0 Å². The van der Waals surface area contributed by atoms with Gasteiger partial charge < -0.3 is 15.0 Å². The van der Waals surface area contributed by atoms with Crippen molar-refractivity contribution in [1.29, 1.82) is 5.26 Å². The van der Waals surface area contributed by atoms with E-state index in [2.05, 4.69) is 0 Å². The van der Waals surface area contributed by atoms with Crippen LogP contribution in [-0.2, 0) is 11.3 Å². The second kappa shape index (κ2) is 7.01. The van der Waals surface area contributed by atoms with Gasteiger partial charge in [0.1, 0.15) is 11.6 Å². The third-order valence-electron chi connectivity index (χ3n) is 2.79. The van der Waals surface area contributed by atoms with Crippen LogP contribution in [0, 0.1) is 11.3 Å². The summed E-state index contributed by atoms with van der Waals surface area (Å²) in [6.07, 6.45) is 0. The van der Waals surface area contributed by atoms with Crippen molar-refractivity contribution in [1.82, 2.24) is 4.57 Å². The Morgan fingerprint density at radius 3 is 2.85 bits per heavy atom. The SMILES string of the molecule is N#Cc1ccc(-c2cccs2)n(CCOCCN)c1=O. The summed E-state index contributed by atoms with van der Waals surface area (Å²) in [5.74, 6) is 0. The maximum atomic E-state index is 12.2. The van der Waals surface area contributed by atoms with Crippen LogP contribution in [0.25, 0.3) is 10.6 Å². The molecule has 0 amide bonds. The molecular weight excluding hydrogens is 274 g/mol. The van der Waals surface area contributed by atoms with Gasteiger partial charge in [0.25, 0.3) is 5.56 Å². The van der Waals surface area contributed by atoms with E-state index in [1.54, 1.807) is 28.0 Å². The van der Waals surface area contributed by atoms with E-state index in [0.717, 1.165) is 10.6 Å². The zero-order chi connectivity index (χ0) is 14.4. The summed E-state index contributed by atoms with van der Waals surface area (Å²) in [6.45, 7) is 1.71. The monoisotopic (exact) mass is 289 g/mol. The van der Waals surface area contributed by atoms with Crippen LogP contribution in [0.15, 0.2) is 34.4 Å². The van der Waals surface area contributed by atoms with Crippen LogP contribution in [0.3, 0.4) is 0 Å². The standard InChI is InChI=1S/C14H15N3O2S/c15-5-7-19-8-6-17-12(13-2-1-9-20-13)4-3-11(10-16)14(17)18/h1-4,9H,5-8,15H2. The van der Waals surface area contributed by atoms with Gasteiger partial charge in [0, 0.05) is 13.1 Å². The summed E-state index contributed by atoms with van der Waals surface area (Å²) in [7, 11) is 0. The quantitative estimate of drug-likeness (QED) is 0.816. The first-order valence-electron chi connectivity index (χ1n) is 6.23. The Balaban J connectivity index is 2.35. The third kappa shape index (κ3) is 3.14. The van der Waals surface area contributed by atoms with Gasteiger partial charge in [-0.15, -0.1) is 11.3 Å². The first-order chi connectivity index (χ1) is 9.77. The van der Waals surface area contributed by atoms with Gasteiger partial charge in [-0.3, -0.25) is 4.79 Å². The highest BCUT2D eigenvalue weighted by Gasteiger charge is 2.10. The summed E-state index contributed by atoms with van der Waals surface area (Å²) in [6, 6.07) is 9.16. The molecule has 0 saturated carbocycles. The highest BCUT2D eigenvalue weighted by atomic mass is 32.1. The highest BCUT2D eigenvalue weighted by Crippen LogP contribution is 2.23. The molecule has 0 spiro atoms. The number of thiophene rings is 1. The molecule has 2 rings (SSSR count). The fourth-order valence-electron chi connectivity index (χ4n) is 1.87. The van der Waals surface area contributed by atoms with E-state index in [-0.39, 0.29) is 11.1 Å². The van der Waals surface area contributed by atoms with Crippen LogP contribution in [0.1, 0.15) is 5.56 Å². The molecule has 0 aliphatic rings. The molecule has 0 bridgehead atoms. The van der Waals surface area contributed by atoms with Crippen LogP contribution >= 0.6 is 11.3 Å². The van der Waals surface area contributed by atoms with Crippen molar-refractivity contribution >= 4 is 11.3 Å². The molecule has 0 aliphatic carbocycles. The number of hydrogen-bond donors (Lipinski definition) is 1. The number of nitrogens with zero attached hydrogens (tertiary/aromatic N) is 2. The van der Waals surface area contributed by atoms with Crippen molar-refractivity contribution < 1.29 is 4.74 Å². The average Bonchev–Trinajstić information content (AvgIpc) is 2.98. The lowest BCUT2D eigenvalue weighted by Gasteiger charge is -2.12. The zero-order valence-electron chi connectivity index (χ0n) is 10.9. The minimum absolute atomic E-state index is 0.143. The van der Waals surface area contributed by atoms with E-state index >= 15 is 0 Å². The van der Waals surface area contributed by atoms with Gasteiger partial charge in [-0.1, -0.05) is 6.07 Å². The molecule has 104 valence electrons. The molecular formula is C14H15N3O2S. The van der Waals surface area contributed by atoms with Crippen molar-refractivity contribution in [3.05, 3.63) is 45.6 Å². The Kier molecular flexibility index (Phi) is 5.07. The van der Waals surface area contributed by atoms with Gasteiger partial charge in [-0.25, -0.2) is 0 Å². The number of rotatable bonds is 6. The van der Waals surface area contributed by atoms with Crippen LogP contribution in [-0.4, -0.2) is 24.3 Å². The van der Waals surface area contributed by atoms with Gasteiger partial charge in [0.15, 0.2) is 0 Å². The second-order valence-electron chi connectivity index (χ2n) is 4.08. The van der Waals surface area contributed by atoms with E-state index in [1.165, 1.54) is 0 Å². The molecule has 0 radical (unpaired) electrons. The minimum atomic E-state index is -0.283. The second-order valence-corrected chi connectivity index (χ2v) is 5.03. The van der Waals surface area contributed by atoms with E-state index < -0.39 is 0 Å². The Bertz CT molecular complexity index is 656. The fraction of sp³-hybridized carbons (Fsp3) is 0.286. The molecule has 2 aromatic heterocycles. The molecule has 2 aromatic rings. The predicted molar refractivity (Wildman–Crippen MR) is 78.6 cm³/mol. The van der Waals surface area contributed by atoms with Crippen molar-refractivity contribution in [2.24, 2.45) is 5.73 Å². The molecule has 6 heteroatoms. The van der Waals surface area contributed by atoms with Gasteiger partial charge in [-0.05, 0) is 23.6 Å². The molecule has 0 aromatic carbocycles. The molecule has 0 fully saturated rings. The molecule has 0 aliphatic heterocycles. The Hall–Kier alpha value is -1.94. The van der Waals surface area contributed by atoms with E-state index in [0.29, 0.717) is 26.3 Å². The summed E-state index contributed by atoms with van der Waals surface area (Å²) in [4.78, 5) is 13.2. The molecule has 5 nitrogen and oxygen atoms in total. The number of ether oxygens (including phenoxy) is 1. The maximum Gasteiger partial charge on any atom is 0.269 e. The number of nitriles is 1. The number of aromatic nitrogens is 1. The third-order valence-corrected chi connectivity index (χ3v) is 3.68. The fourth-order valence-corrected chi connectivity index (χ4v) is 2.63. The minimum Gasteiger partial charge on any atom is -0.378 e. The van der Waals surface area contributed by atoms with Crippen LogP contribution < -0.4 is 11.3 Å². The van der Waals surface area contributed by atoms with Crippen molar-refractivity contribution in [3.8, 4) is 16.6 Å². The van der Waals surface area contributed by atoms with E-state index in [1.807, 2.05) is 23.6 Å². The summed E-state index contributed by atoms with van der Waals surface area (Å²) in [5, 5.41) is 10.9. The van der Waals surface area contributed by atoms with Crippen LogP contribution in [0.2, 0.25) is 0 Å². The number of pyridine rings is 1. The lowest BCUT2D eigenvalue weighted by atomic mass is 10.2. The van der Waals surface area contributed by atoms with Crippen molar-refractivity contribution in [3.63, 3.8) is 0 Å². The summed E-state index contributed by atoms with van der Waals surface area (Å²) >= 11 is 1.55. The number of hydrogen-bond acceptors (Lipinski definition) is 5. The highest BCUT2D eigenvalue weighted by molar-refractivity contribution is 7.13. The Morgan fingerprint density at radius 1 is 1.35 bits per heavy atom. The molecule has 0 atom stereocenters. The molecule has 0 unspecified atom stereocenters. The first kappa shape index (κ1) is 14.5. The van der Waals surface area contributed by atoms with Gasteiger partial charge in [-0.2, -0.15) is 5.26 Å². The largest absolute Gasteiger partial charge is 0.378 e.